The second kappa shape index (κ2) is 8.31. The number of nitrogens with two attached hydrogens (primary N) is 1. The van der Waals surface area contributed by atoms with Crippen molar-refractivity contribution < 1.29 is 4.74 Å². The average Bonchev–Trinajstić information content (AvgIpc) is 2.42. The zero-order valence-electron chi connectivity index (χ0n) is 12.7. The lowest BCUT2D eigenvalue weighted by molar-refractivity contribution is 0.179. The number of benzene rings is 1. The Balaban J connectivity index is 2.78. The Labute approximate surface area is 117 Å². The fraction of sp³-hybridized carbons (Fsp3) is 0.625. The van der Waals surface area contributed by atoms with E-state index in [0.717, 1.165) is 0 Å². The monoisotopic (exact) mass is 264 g/mol. The van der Waals surface area contributed by atoms with E-state index in [1.54, 1.807) is 7.11 Å². The van der Waals surface area contributed by atoms with Crippen molar-refractivity contribution in [2.24, 2.45) is 5.73 Å². The SMILES string of the molecule is CCCC(C)N(C)C(CN)c1ccc(COC)cc1. The molecule has 1 rings (SSSR count). The molecule has 2 N–H and O–H groups in total. The maximum Gasteiger partial charge on any atom is 0.0713 e. The summed E-state index contributed by atoms with van der Waals surface area (Å²) in [5, 5.41) is 0. The number of hydrogen-bond donors (Lipinski definition) is 1. The highest BCUT2D eigenvalue weighted by atomic mass is 16.5. The third kappa shape index (κ3) is 4.60. The summed E-state index contributed by atoms with van der Waals surface area (Å²) in [7, 11) is 3.89. The molecule has 3 heteroatoms. The maximum atomic E-state index is 5.97. The van der Waals surface area contributed by atoms with Crippen LogP contribution in [0.5, 0.6) is 0 Å². The van der Waals surface area contributed by atoms with Crippen LogP contribution in [0.4, 0.5) is 0 Å². The first-order valence-corrected chi connectivity index (χ1v) is 7.13. The van der Waals surface area contributed by atoms with Gasteiger partial charge in [0.25, 0.3) is 0 Å². The molecule has 0 saturated carbocycles. The van der Waals surface area contributed by atoms with E-state index in [1.807, 2.05) is 0 Å². The van der Waals surface area contributed by atoms with Crippen molar-refractivity contribution in [2.45, 2.75) is 45.4 Å². The van der Waals surface area contributed by atoms with Gasteiger partial charge in [-0.25, -0.2) is 0 Å². The van der Waals surface area contributed by atoms with Crippen LogP contribution in [0.15, 0.2) is 24.3 Å². The van der Waals surface area contributed by atoms with E-state index in [4.69, 9.17) is 10.5 Å². The fourth-order valence-corrected chi connectivity index (χ4v) is 2.47. The van der Waals surface area contributed by atoms with Gasteiger partial charge in [0.05, 0.1) is 6.61 Å². The quantitative estimate of drug-likeness (QED) is 0.784. The van der Waals surface area contributed by atoms with Crippen LogP contribution in [0.25, 0.3) is 0 Å². The molecule has 108 valence electrons. The Bertz CT molecular complexity index is 350. The second-order valence-electron chi connectivity index (χ2n) is 5.23. The van der Waals surface area contributed by atoms with Crippen molar-refractivity contribution in [3.8, 4) is 0 Å². The molecule has 1 aromatic carbocycles. The molecule has 2 atom stereocenters. The van der Waals surface area contributed by atoms with E-state index in [9.17, 15) is 0 Å². The van der Waals surface area contributed by atoms with E-state index in [-0.39, 0.29) is 6.04 Å². The van der Waals surface area contributed by atoms with Gasteiger partial charge in [0.2, 0.25) is 0 Å². The van der Waals surface area contributed by atoms with Crippen molar-refractivity contribution >= 4 is 0 Å². The second-order valence-corrected chi connectivity index (χ2v) is 5.23. The van der Waals surface area contributed by atoms with Crippen LogP contribution in [-0.2, 0) is 11.3 Å². The van der Waals surface area contributed by atoms with E-state index in [0.29, 0.717) is 19.2 Å². The van der Waals surface area contributed by atoms with Crippen LogP contribution in [0.1, 0.15) is 43.9 Å². The van der Waals surface area contributed by atoms with Gasteiger partial charge in [-0.05, 0) is 31.5 Å². The van der Waals surface area contributed by atoms with Crippen LogP contribution in [0.2, 0.25) is 0 Å². The molecule has 0 aliphatic carbocycles. The van der Waals surface area contributed by atoms with Crippen molar-refractivity contribution in [3.63, 3.8) is 0 Å². The van der Waals surface area contributed by atoms with Crippen molar-refractivity contribution in [1.82, 2.24) is 4.90 Å². The fourth-order valence-electron chi connectivity index (χ4n) is 2.47. The molecule has 0 radical (unpaired) electrons. The normalized spacial score (nSPS) is 14.6. The van der Waals surface area contributed by atoms with Crippen LogP contribution in [-0.4, -0.2) is 31.6 Å². The van der Waals surface area contributed by atoms with Gasteiger partial charge in [0.1, 0.15) is 0 Å². The molecule has 0 aliphatic heterocycles. The molecular formula is C16H28N2O. The molecule has 0 fully saturated rings. The Morgan fingerprint density at radius 2 is 1.89 bits per heavy atom. The highest BCUT2D eigenvalue weighted by Crippen LogP contribution is 2.22. The van der Waals surface area contributed by atoms with Crippen LogP contribution in [0.3, 0.4) is 0 Å². The smallest absolute Gasteiger partial charge is 0.0713 e. The standard InChI is InChI=1S/C16H28N2O/c1-5-6-13(2)18(3)16(11-17)15-9-7-14(8-10-15)12-19-4/h7-10,13,16H,5-6,11-12,17H2,1-4H3. The molecule has 1 aromatic rings. The lowest BCUT2D eigenvalue weighted by atomic mass is 10.0. The molecule has 19 heavy (non-hydrogen) atoms. The first kappa shape index (κ1) is 16.2. The number of ether oxygens (including phenoxy) is 1. The topological polar surface area (TPSA) is 38.5 Å². The molecule has 0 amide bonds. The molecule has 0 aliphatic rings. The predicted molar refractivity (Wildman–Crippen MR) is 81.1 cm³/mol. The van der Waals surface area contributed by atoms with Gasteiger partial charge >= 0.3 is 0 Å². The third-order valence-electron chi connectivity index (χ3n) is 3.79. The Morgan fingerprint density at radius 3 is 2.37 bits per heavy atom. The van der Waals surface area contributed by atoms with Crippen LogP contribution < -0.4 is 5.73 Å². The van der Waals surface area contributed by atoms with Crippen molar-refractivity contribution in [3.05, 3.63) is 35.4 Å². The van der Waals surface area contributed by atoms with Gasteiger partial charge in [0.15, 0.2) is 0 Å². The summed E-state index contributed by atoms with van der Waals surface area (Å²) < 4.78 is 5.14. The minimum absolute atomic E-state index is 0.290. The molecule has 0 bridgehead atoms. The summed E-state index contributed by atoms with van der Waals surface area (Å²) in [4.78, 5) is 2.38. The van der Waals surface area contributed by atoms with Gasteiger partial charge in [0, 0.05) is 25.7 Å². The number of hydrogen-bond acceptors (Lipinski definition) is 3. The summed E-state index contributed by atoms with van der Waals surface area (Å²) in [6.07, 6.45) is 2.41. The number of likely N-dealkylation sites (N-methyl/N-ethyl adjacent to an activating group) is 1. The first-order chi connectivity index (χ1) is 9.13. The summed E-state index contributed by atoms with van der Waals surface area (Å²) in [6, 6.07) is 9.43. The minimum Gasteiger partial charge on any atom is -0.380 e. The zero-order valence-corrected chi connectivity index (χ0v) is 12.7. The highest BCUT2D eigenvalue weighted by Gasteiger charge is 2.19. The molecule has 3 nitrogen and oxygen atoms in total. The summed E-state index contributed by atoms with van der Waals surface area (Å²) >= 11 is 0. The molecule has 0 aromatic heterocycles. The lowest BCUT2D eigenvalue weighted by Crippen LogP contribution is -2.37. The van der Waals surface area contributed by atoms with E-state index >= 15 is 0 Å². The number of rotatable bonds is 8. The van der Waals surface area contributed by atoms with E-state index < -0.39 is 0 Å². The van der Waals surface area contributed by atoms with Crippen LogP contribution in [0, 0.1) is 0 Å². The molecule has 0 saturated heterocycles. The Hall–Kier alpha value is -0.900. The summed E-state index contributed by atoms with van der Waals surface area (Å²) in [5.74, 6) is 0. The molecule has 0 spiro atoms. The van der Waals surface area contributed by atoms with Gasteiger partial charge in [-0.3, -0.25) is 4.90 Å². The molecule has 0 heterocycles. The van der Waals surface area contributed by atoms with Crippen molar-refractivity contribution in [2.75, 3.05) is 20.7 Å². The Morgan fingerprint density at radius 1 is 1.26 bits per heavy atom. The molecular weight excluding hydrogens is 236 g/mol. The third-order valence-corrected chi connectivity index (χ3v) is 3.79. The molecule has 2 unspecified atom stereocenters. The van der Waals surface area contributed by atoms with Gasteiger partial charge in [-0.15, -0.1) is 0 Å². The largest absolute Gasteiger partial charge is 0.380 e. The van der Waals surface area contributed by atoms with E-state index in [1.165, 1.54) is 24.0 Å². The van der Waals surface area contributed by atoms with Gasteiger partial charge in [-0.2, -0.15) is 0 Å². The summed E-state index contributed by atoms with van der Waals surface area (Å²) in [5.41, 5.74) is 8.46. The van der Waals surface area contributed by atoms with Gasteiger partial charge < -0.3 is 10.5 Å². The predicted octanol–water partition coefficient (Wildman–Crippen LogP) is 2.95. The zero-order chi connectivity index (χ0) is 14.3. The summed E-state index contributed by atoms with van der Waals surface area (Å²) in [6.45, 7) is 5.80. The van der Waals surface area contributed by atoms with Crippen molar-refractivity contribution in [1.29, 1.82) is 0 Å². The maximum absolute atomic E-state index is 5.97. The lowest BCUT2D eigenvalue weighted by Gasteiger charge is -2.32. The average molecular weight is 264 g/mol. The van der Waals surface area contributed by atoms with E-state index in [2.05, 4.69) is 50.1 Å². The number of nitrogens with zero attached hydrogens (tertiary/aromatic N) is 1. The Kier molecular flexibility index (Phi) is 7.06. The first-order valence-electron chi connectivity index (χ1n) is 7.13. The van der Waals surface area contributed by atoms with Crippen LogP contribution >= 0.6 is 0 Å². The highest BCUT2D eigenvalue weighted by molar-refractivity contribution is 5.25. The van der Waals surface area contributed by atoms with Gasteiger partial charge in [-0.1, -0.05) is 37.6 Å². The number of methoxy groups -OCH3 is 1. The minimum atomic E-state index is 0.290.